The average molecular weight is 374 g/mol. The number of hydrogen-bond acceptors (Lipinski definition) is 5. The van der Waals surface area contributed by atoms with Crippen molar-refractivity contribution in [3.8, 4) is 0 Å². The van der Waals surface area contributed by atoms with Crippen molar-refractivity contribution in [2.24, 2.45) is 0 Å². The smallest absolute Gasteiger partial charge is 0.339 e. The molecule has 26 heavy (non-hydrogen) atoms. The van der Waals surface area contributed by atoms with Gasteiger partial charge < -0.3 is 4.74 Å². The third-order valence-electron chi connectivity index (χ3n) is 4.17. The minimum atomic E-state index is -3.45. The number of benzene rings is 2. The molecule has 0 saturated heterocycles. The summed E-state index contributed by atoms with van der Waals surface area (Å²) in [5.74, 6) is -1.02. The van der Waals surface area contributed by atoms with Crippen LogP contribution in [0.1, 0.15) is 44.3 Å². The van der Waals surface area contributed by atoms with Crippen molar-refractivity contribution in [2.75, 3.05) is 6.26 Å². The third-order valence-corrected chi connectivity index (χ3v) is 5.28. The van der Waals surface area contributed by atoms with Gasteiger partial charge in [0.25, 0.3) is 0 Å². The van der Waals surface area contributed by atoms with E-state index < -0.39 is 21.9 Å². The summed E-state index contributed by atoms with van der Waals surface area (Å²) in [6.45, 7) is 6.89. The van der Waals surface area contributed by atoms with Crippen LogP contribution >= 0.6 is 0 Å². The Balaban J connectivity index is 2.27. The van der Waals surface area contributed by atoms with Crippen molar-refractivity contribution in [2.45, 2.75) is 38.7 Å². The van der Waals surface area contributed by atoms with E-state index >= 15 is 0 Å². The minimum Gasteiger partial charge on any atom is -0.451 e. The molecule has 0 aliphatic carbocycles. The van der Waals surface area contributed by atoms with Crippen molar-refractivity contribution in [3.05, 3.63) is 64.2 Å². The van der Waals surface area contributed by atoms with Gasteiger partial charge in [-0.25, -0.2) is 13.2 Å². The Morgan fingerprint density at radius 2 is 1.50 bits per heavy atom. The van der Waals surface area contributed by atoms with Crippen LogP contribution in [0.2, 0.25) is 0 Å². The Kier molecular flexibility index (Phi) is 5.66. The minimum absolute atomic E-state index is 0.0311. The van der Waals surface area contributed by atoms with Crippen LogP contribution in [-0.4, -0.2) is 32.5 Å². The average Bonchev–Trinajstić information content (AvgIpc) is 2.55. The molecule has 5 nitrogen and oxygen atoms in total. The van der Waals surface area contributed by atoms with E-state index in [0.29, 0.717) is 11.1 Å². The highest BCUT2D eigenvalue weighted by Gasteiger charge is 2.23. The summed E-state index contributed by atoms with van der Waals surface area (Å²) in [6.07, 6.45) is 0.0868. The maximum atomic E-state index is 12.6. The lowest BCUT2D eigenvalue weighted by Gasteiger charge is -2.15. The van der Waals surface area contributed by atoms with Gasteiger partial charge in [-0.2, -0.15) is 0 Å². The first-order valence-electron chi connectivity index (χ1n) is 8.14. The van der Waals surface area contributed by atoms with Gasteiger partial charge in [-0.05, 0) is 57.0 Å². The molecule has 0 aliphatic rings. The molecule has 1 atom stereocenters. The molecule has 6 heteroatoms. The Bertz CT molecular complexity index is 974. The van der Waals surface area contributed by atoms with Crippen LogP contribution in [0.5, 0.6) is 0 Å². The molecule has 0 N–H and O–H groups in total. The molecule has 0 aliphatic heterocycles. The van der Waals surface area contributed by atoms with E-state index in [1.165, 1.54) is 19.1 Å². The lowest BCUT2D eigenvalue weighted by Crippen LogP contribution is -2.25. The Hall–Kier alpha value is -2.47. The number of esters is 1. The topological polar surface area (TPSA) is 77.5 Å². The molecule has 2 aromatic rings. The fraction of sp³-hybridized carbons (Fsp3) is 0.300. The number of rotatable bonds is 5. The summed E-state index contributed by atoms with van der Waals surface area (Å²) >= 11 is 0. The fourth-order valence-electron chi connectivity index (χ4n) is 2.55. The maximum Gasteiger partial charge on any atom is 0.339 e. The van der Waals surface area contributed by atoms with Crippen LogP contribution in [0.3, 0.4) is 0 Å². The predicted molar refractivity (Wildman–Crippen MR) is 99.4 cm³/mol. The number of ketones is 1. The highest BCUT2D eigenvalue weighted by atomic mass is 32.2. The zero-order valence-corrected chi connectivity index (χ0v) is 16.3. The summed E-state index contributed by atoms with van der Waals surface area (Å²) in [5.41, 5.74) is 2.96. The Morgan fingerprint density at radius 3 is 2.12 bits per heavy atom. The quantitative estimate of drug-likeness (QED) is 0.592. The second-order valence-corrected chi connectivity index (χ2v) is 8.49. The molecular formula is C20H22O5S. The number of sulfone groups is 1. The molecule has 0 unspecified atom stereocenters. The zero-order valence-electron chi connectivity index (χ0n) is 15.5. The normalized spacial score (nSPS) is 12.5. The number of carbonyl (C=O) groups excluding carboxylic acids is 2. The molecule has 0 radical (unpaired) electrons. The SMILES string of the molecule is Cc1ccc(C)c(C(=O)[C@@H](C)OC(=O)c2cc(S(C)(=O)=O)ccc2C)c1. The van der Waals surface area contributed by atoms with Crippen molar-refractivity contribution in [3.63, 3.8) is 0 Å². The number of hydrogen-bond donors (Lipinski definition) is 0. The second kappa shape index (κ2) is 7.41. The van der Waals surface area contributed by atoms with Crippen molar-refractivity contribution in [1.82, 2.24) is 0 Å². The molecular weight excluding hydrogens is 352 g/mol. The van der Waals surface area contributed by atoms with Crippen LogP contribution in [0.15, 0.2) is 41.3 Å². The molecule has 0 aromatic heterocycles. The predicted octanol–water partition coefficient (Wildman–Crippen LogP) is 3.44. The number of Topliss-reactive ketones (excluding diaryl/α,β-unsaturated/α-hetero) is 1. The van der Waals surface area contributed by atoms with Crippen LogP contribution in [-0.2, 0) is 14.6 Å². The molecule has 138 valence electrons. The summed E-state index contributed by atoms with van der Waals surface area (Å²) in [4.78, 5) is 25.1. The van der Waals surface area contributed by atoms with E-state index in [1.54, 1.807) is 19.1 Å². The van der Waals surface area contributed by atoms with E-state index in [-0.39, 0.29) is 16.2 Å². The van der Waals surface area contributed by atoms with Gasteiger partial charge >= 0.3 is 5.97 Å². The summed E-state index contributed by atoms with van der Waals surface area (Å²) in [7, 11) is -3.45. The third kappa shape index (κ3) is 4.38. The van der Waals surface area contributed by atoms with Gasteiger partial charge in [-0.1, -0.05) is 23.8 Å². The molecule has 0 fully saturated rings. The van der Waals surface area contributed by atoms with Crippen molar-refractivity contribution >= 4 is 21.6 Å². The fourth-order valence-corrected chi connectivity index (χ4v) is 3.20. The first kappa shape index (κ1) is 19.8. The zero-order chi connectivity index (χ0) is 19.6. The molecule has 0 bridgehead atoms. The molecule has 0 heterocycles. The highest BCUT2D eigenvalue weighted by molar-refractivity contribution is 7.90. The van der Waals surface area contributed by atoms with Gasteiger partial charge in [0.1, 0.15) is 0 Å². The first-order chi connectivity index (χ1) is 12.0. The Morgan fingerprint density at radius 1 is 0.923 bits per heavy atom. The van der Waals surface area contributed by atoms with E-state index in [1.807, 2.05) is 26.0 Å². The molecule has 2 aromatic carbocycles. The van der Waals surface area contributed by atoms with Crippen molar-refractivity contribution < 1.29 is 22.7 Å². The molecule has 0 saturated carbocycles. The van der Waals surface area contributed by atoms with Crippen molar-refractivity contribution in [1.29, 1.82) is 0 Å². The van der Waals surface area contributed by atoms with E-state index in [2.05, 4.69) is 0 Å². The van der Waals surface area contributed by atoms with E-state index in [0.717, 1.165) is 17.4 Å². The number of aryl methyl sites for hydroxylation is 3. The van der Waals surface area contributed by atoms with Gasteiger partial charge in [0.2, 0.25) is 5.78 Å². The molecule has 2 rings (SSSR count). The summed E-state index contributed by atoms with van der Waals surface area (Å²) in [5, 5.41) is 0. The highest BCUT2D eigenvalue weighted by Crippen LogP contribution is 2.19. The van der Waals surface area contributed by atoms with Gasteiger partial charge in [0.05, 0.1) is 10.5 Å². The maximum absolute atomic E-state index is 12.6. The van der Waals surface area contributed by atoms with Gasteiger partial charge in [-0.15, -0.1) is 0 Å². The van der Waals surface area contributed by atoms with Gasteiger partial charge in [-0.3, -0.25) is 4.79 Å². The van der Waals surface area contributed by atoms with Crippen LogP contribution in [0.25, 0.3) is 0 Å². The number of ether oxygens (including phenoxy) is 1. The first-order valence-corrected chi connectivity index (χ1v) is 10.0. The summed E-state index contributed by atoms with van der Waals surface area (Å²) < 4.78 is 28.7. The molecule has 0 spiro atoms. The second-order valence-electron chi connectivity index (χ2n) is 6.48. The van der Waals surface area contributed by atoms with Crippen LogP contribution < -0.4 is 0 Å². The van der Waals surface area contributed by atoms with Gasteiger partial charge in [0, 0.05) is 11.8 Å². The van der Waals surface area contributed by atoms with E-state index in [4.69, 9.17) is 4.74 Å². The lowest BCUT2D eigenvalue weighted by atomic mass is 9.99. The Labute approximate surface area is 153 Å². The summed E-state index contributed by atoms with van der Waals surface area (Å²) in [6, 6.07) is 9.77. The largest absolute Gasteiger partial charge is 0.451 e. The van der Waals surface area contributed by atoms with Crippen LogP contribution in [0.4, 0.5) is 0 Å². The van der Waals surface area contributed by atoms with Crippen LogP contribution in [0, 0.1) is 20.8 Å². The van der Waals surface area contributed by atoms with E-state index in [9.17, 15) is 18.0 Å². The van der Waals surface area contributed by atoms with Gasteiger partial charge in [0.15, 0.2) is 15.9 Å². The number of carbonyl (C=O) groups is 2. The monoisotopic (exact) mass is 374 g/mol. The molecule has 0 amide bonds. The standard InChI is InChI=1S/C20H22O5S/c1-12-6-7-13(2)17(10-12)19(21)15(4)25-20(22)18-11-16(26(5,23)24)9-8-14(18)3/h6-11,15H,1-5H3/t15-/m1/s1. The lowest BCUT2D eigenvalue weighted by molar-refractivity contribution is 0.0317.